The molecule has 3 aromatic rings. The summed E-state index contributed by atoms with van der Waals surface area (Å²) in [5, 5.41) is 0.706. The number of hydrogen-bond donors (Lipinski definition) is 0. The van der Waals surface area contributed by atoms with Crippen LogP contribution in [-0.4, -0.2) is 25.7 Å². The SMILES string of the molecule is CCCOC(=O)CCc1cc2c(C)cc(=O)oc2cc1OC(=O)c1cccc(OC)c1. The highest BCUT2D eigenvalue weighted by atomic mass is 16.5. The van der Waals surface area contributed by atoms with Gasteiger partial charge in [0, 0.05) is 23.9 Å². The quantitative estimate of drug-likeness (QED) is 0.304. The molecule has 0 unspecified atom stereocenters. The molecule has 3 rings (SSSR count). The molecule has 31 heavy (non-hydrogen) atoms. The number of benzene rings is 2. The Morgan fingerprint density at radius 2 is 1.90 bits per heavy atom. The summed E-state index contributed by atoms with van der Waals surface area (Å²) in [6, 6.07) is 11.3. The topological polar surface area (TPSA) is 92.0 Å². The van der Waals surface area contributed by atoms with E-state index in [1.54, 1.807) is 37.3 Å². The highest BCUT2D eigenvalue weighted by Gasteiger charge is 2.17. The Kier molecular flexibility index (Phi) is 7.07. The van der Waals surface area contributed by atoms with E-state index in [4.69, 9.17) is 18.6 Å². The summed E-state index contributed by atoms with van der Waals surface area (Å²) in [5.41, 5.74) is 1.47. The van der Waals surface area contributed by atoms with Crippen molar-refractivity contribution in [1.82, 2.24) is 0 Å². The first kappa shape index (κ1) is 22.1. The lowest BCUT2D eigenvalue weighted by atomic mass is 10.0. The van der Waals surface area contributed by atoms with Gasteiger partial charge in [0.1, 0.15) is 17.1 Å². The van der Waals surface area contributed by atoms with E-state index >= 15 is 0 Å². The van der Waals surface area contributed by atoms with Gasteiger partial charge in [-0.3, -0.25) is 4.79 Å². The van der Waals surface area contributed by atoms with Crippen LogP contribution in [0.25, 0.3) is 11.0 Å². The summed E-state index contributed by atoms with van der Waals surface area (Å²) in [4.78, 5) is 36.5. The van der Waals surface area contributed by atoms with E-state index < -0.39 is 11.6 Å². The second-order valence-corrected chi connectivity index (χ2v) is 7.05. The van der Waals surface area contributed by atoms with Crippen molar-refractivity contribution in [2.24, 2.45) is 0 Å². The first-order valence-electron chi connectivity index (χ1n) is 10.0. The molecule has 7 heteroatoms. The minimum atomic E-state index is -0.594. The molecule has 0 saturated heterocycles. The molecule has 0 radical (unpaired) electrons. The van der Waals surface area contributed by atoms with Crippen LogP contribution >= 0.6 is 0 Å². The average molecular weight is 424 g/mol. The second-order valence-electron chi connectivity index (χ2n) is 7.05. The van der Waals surface area contributed by atoms with Crippen LogP contribution in [0.15, 0.2) is 51.7 Å². The van der Waals surface area contributed by atoms with Gasteiger partial charge >= 0.3 is 17.6 Å². The summed E-state index contributed by atoms with van der Waals surface area (Å²) in [7, 11) is 1.51. The number of esters is 2. The third kappa shape index (κ3) is 5.51. The smallest absolute Gasteiger partial charge is 0.343 e. The van der Waals surface area contributed by atoms with E-state index in [2.05, 4.69) is 0 Å². The van der Waals surface area contributed by atoms with Crippen LogP contribution in [0, 0.1) is 6.92 Å². The van der Waals surface area contributed by atoms with Crippen LogP contribution in [0.1, 0.15) is 41.3 Å². The van der Waals surface area contributed by atoms with Gasteiger partial charge in [-0.05, 0) is 55.2 Å². The number of carbonyl (C=O) groups excluding carboxylic acids is 2. The number of rotatable bonds is 8. The Balaban J connectivity index is 1.95. The van der Waals surface area contributed by atoms with Crippen molar-refractivity contribution in [3.8, 4) is 11.5 Å². The minimum absolute atomic E-state index is 0.130. The Hall–Kier alpha value is -3.61. The summed E-state index contributed by atoms with van der Waals surface area (Å²) in [6.45, 7) is 4.07. The maximum absolute atomic E-state index is 12.7. The average Bonchev–Trinajstić information content (AvgIpc) is 2.76. The van der Waals surface area contributed by atoms with Gasteiger partial charge in [-0.15, -0.1) is 0 Å². The van der Waals surface area contributed by atoms with Crippen molar-refractivity contribution >= 4 is 22.9 Å². The molecule has 0 bridgehead atoms. The fraction of sp³-hybridized carbons (Fsp3) is 0.292. The fourth-order valence-electron chi connectivity index (χ4n) is 3.11. The zero-order valence-corrected chi connectivity index (χ0v) is 17.7. The first-order valence-corrected chi connectivity index (χ1v) is 10.0. The lowest BCUT2D eigenvalue weighted by molar-refractivity contribution is -0.143. The molecule has 1 aromatic heterocycles. The Bertz CT molecular complexity index is 1160. The molecule has 162 valence electrons. The third-order valence-corrected chi connectivity index (χ3v) is 4.71. The Morgan fingerprint density at radius 3 is 2.65 bits per heavy atom. The van der Waals surface area contributed by atoms with Gasteiger partial charge in [-0.1, -0.05) is 13.0 Å². The number of fused-ring (bicyclic) bond motifs is 1. The molecule has 0 saturated carbocycles. The number of aryl methyl sites for hydroxylation is 2. The van der Waals surface area contributed by atoms with Crippen LogP contribution in [0.3, 0.4) is 0 Å². The van der Waals surface area contributed by atoms with Crippen molar-refractivity contribution in [1.29, 1.82) is 0 Å². The van der Waals surface area contributed by atoms with Crippen LogP contribution in [0.2, 0.25) is 0 Å². The van der Waals surface area contributed by atoms with E-state index in [9.17, 15) is 14.4 Å². The monoisotopic (exact) mass is 424 g/mol. The molecule has 0 aliphatic rings. The number of methoxy groups -OCH3 is 1. The summed E-state index contributed by atoms with van der Waals surface area (Å²) < 4.78 is 21.2. The van der Waals surface area contributed by atoms with Crippen molar-refractivity contribution in [2.45, 2.75) is 33.1 Å². The number of ether oxygens (including phenoxy) is 3. The van der Waals surface area contributed by atoms with Gasteiger partial charge in [0.15, 0.2) is 0 Å². The molecule has 7 nitrogen and oxygen atoms in total. The molecular formula is C24H24O7. The number of hydrogen-bond acceptors (Lipinski definition) is 7. The molecule has 0 aliphatic carbocycles. The third-order valence-electron chi connectivity index (χ3n) is 4.71. The second kappa shape index (κ2) is 9.93. The van der Waals surface area contributed by atoms with Crippen molar-refractivity contribution < 1.29 is 28.2 Å². The highest BCUT2D eigenvalue weighted by Crippen LogP contribution is 2.29. The van der Waals surface area contributed by atoms with Crippen LogP contribution < -0.4 is 15.1 Å². The largest absolute Gasteiger partial charge is 0.497 e. The summed E-state index contributed by atoms with van der Waals surface area (Å²) in [6.07, 6.45) is 1.17. The van der Waals surface area contributed by atoms with Gasteiger partial charge in [0.2, 0.25) is 0 Å². The lowest BCUT2D eigenvalue weighted by Crippen LogP contribution is -2.12. The fourth-order valence-corrected chi connectivity index (χ4v) is 3.11. The maximum Gasteiger partial charge on any atom is 0.343 e. The normalized spacial score (nSPS) is 10.7. The van der Waals surface area contributed by atoms with Crippen molar-refractivity contribution in [3.05, 3.63) is 69.6 Å². The van der Waals surface area contributed by atoms with Gasteiger partial charge in [0.25, 0.3) is 0 Å². The minimum Gasteiger partial charge on any atom is -0.497 e. The van der Waals surface area contributed by atoms with E-state index in [1.165, 1.54) is 19.2 Å². The van der Waals surface area contributed by atoms with E-state index in [1.807, 2.05) is 6.92 Å². The van der Waals surface area contributed by atoms with Crippen LogP contribution in [0.4, 0.5) is 0 Å². The Morgan fingerprint density at radius 1 is 1.10 bits per heavy atom. The zero-order chi connectivity index (χ0) is 22.4. The zero-order valence-electron chi connectivity index (χ0n) is 17.7. The molecule has 0 fully saturated rings. The molecule has 2 aromatic carbocycles. The van der Waals surface area contributed by atoms with Gasteiger partial charge < -0.3 is 18.6 Å². The molecular weight excluding hydrogens is 400 g/mol. The van der Waals surface area contributed by atoms with Crippen LogP contribution in [-0.2, 0) is 16.0 Å². The van der Waals surface area contributed by atoms with Crippen molar-refractivity contribution in [2.75, 3.05) is 13.7 Å². The van der Waals surface area contributed by atoms with E-state index in [-0.39, 0.29) is 18.1 Å². The molecule has 0 amide bonds. The lowest BCUT2D eigenvalue weighted by Gasteiger charge is -2.13. The van der Waals surface area contributed by atoms with Crippen molar-refractivity contribution in [3.63, 3.8) is 0 Å². The highest BCUT2D eigenvalue weighted by molar-refractivity contribution is 5.92. The predicted molar refractivity (Wildman–Crippen MR) is 115 cm³/mol. The summed E-state index contributed by atoms with van der Waals surface area (Å²) in [5.74, 6) is -0.183. The van der Waals surface area contributed by atoms with Gasteiger partial charge in [0.05, 0.1) is 19.3 Å². The Labute approximate surface area is 179 Å². The predicted octanol–water partition coefficient (Wildman–Crippen LogP) is 4.22. The van der Waals surface area contributed by atoms with Gasteiger partial charge in [-0.2, -0.15) is 0 Å². The first-order chi connectivity index (χ1) is 14.9. The van der Waals surface area contributed by atoms with Gasteiger partial charge in [-0.25, -0.2) is 9.59 Å². The molecule has 1 heterocycles. The molecule has 0 aliphatic heterocycles. The molecule has 0 spiro atoms. The maximum atomic E-state index is 12.7. The standard InChI is InChI=1S/C24H24O7/c1-4-10-29-22(25)9-8-16-13-19-15(2)11-23(26)30-21(19)14-20(16)31-24(27)17-6-5-7-18(12-17)28-3/h5-7,11-14H,4,8-10H2,1-3H3. The summed E-state index contributed by atoms with van der Waals surface area (Å²) >= 11 is 0. The molecule has 0 atom stereocenters. The molecule has 0 N–H and O–H groups in total. The van der Waals surface area contributed by atoms with Crippen LogP contribution in [0.5, 0.6) is 11.5 Å². The van der Waals surface area contributed by atoms with E-state index in [0.29, 0.717) is 40.9 Å². The number of carbonyl (C=O) groups is 2. The van der Waals surface area contributed by atoms with E-state index in [0.717, 1.165) is 12.0 Å².